The molecular weight excluding hydrogens is 232 g/mol. The predicted octanol–water partition coefficient (Wildman–Crippen LogP) is 1.73. The van der Waals surface area contributed by atoms with Crippen molar-refractivity contribution < 1.29 is 4.79 Å². The maximum Gasteiger partial charge on any atom is 0.223 e. The van der Waals surface area contributed by atoms with Gasteiger partial charge < -0.3 is 10.2 Å². The highest BCUT2D eigenvalue weighted by Gasteiger charge is 2.28. The summed E-state index contributed by atoms with van der Waals surface area (Å²) in [7, 11) is 0. The minimum Gasteiger partial charge on any atom is -0.337 e. The molecule has 98 valence electrons. The van der Waals surface area contributed by atoms with E-state index >= 15 is 0 Å². The number of amides is 1. The molecule has 17 heavy (non-hydrogen) atoms. The molecule has 2 aliphatic rings. The van der Waals surface area contributed by atoms with E-state index in [4.69, 9.17) is 0 Å². The van der Waals surface area contributed by atoms with Crippen molar-refractivity contribution in [1.82, 2.24) is 10.2 Å². The van der Waals surface area contributed by atoms with Gasteiger partial charge in [0, 0.05) is 31.6 Å². The predicted molar refractivity (Wildman–Crippen MR) is 73.3 cm³/mol. The number of carbonyl (C=O) groups excluding carboxylic acids is 1. The van der Waals surface area contributed by atoms with Gasteiger partial charge in [-0.3, -0.25) is 4.79 Å². The van der Waals surface area contributed by atoms with Gasteiger partial charge in [0.2, 0.25) is 5.91 Å². The van der Waals surface area contributed by atoms with Gasteiger partial charge in [-0.15, -0.1) is 0 Å². The average Bonchev–Trinajstić information content (AvgIpc) is 2.33. The first-order valence-electron chi connectivity index (χ1n) is 6.77. The zero-order valence-electron chi connectivity index (χ0n) is 10.9. The quantitative estimate of drug-likeness (QED) is 0.816. The van der Waals surface area contributed by atoms with E-state index in [-0.39, 0.29) is 0 Å². The Kier molecular flexibility index (Phi) is 4.74. The van der Waals surface area contributed by atoms with E-state index in [1.807, 2.05) is 11.8 Å². The molecule has 0 radical (unpaired) electrons. The SMILES string of the molecule is CC1CN(C(=O)CC2CCSCC2)C(C)CN1. The third-order valence-electron chi connectivity index (χ3n) is 3.89. The maximum atomic E-state index is 12.3. The number of carbonyl (C=O) groups is 1. The molecule has 2 unspecified atom stereocenters. The van der Waals surface area contributed by atoms with Crippen LogP contribution in [0.25, 0.3) is 0 Å². The first kappa shape index (κ1) is 13.2. The zero-order chi connectivity index (χ0) is 12.3. The van der Waals surface area contributed by atoms with Gasteiger partial charge in [0.1, 0.15) is 0 Å². The lowest BCUT2D eigenvalue weighted by atomic mass is 9.97. The number of hydrogen-bond acceptors (Lipinski definition) is 3. The van der Waals surface area contributed by atoms with Crippen molar-refractivity contribution in [2.75, 3.05) is 24.6 Å². The van der Waals surface area contributed by atoms with Gasteiger partial charge in [-0.05, 0) is 44.1 Å². The number of rotatable bonds is 2. The second-order valence-electron chi connectivity index (χ2n) is 5.46. The molecule has 0 aliphatic carbocycles. The molecule has 0 spiro atoms. The highest BCUT2D eigenvalue weighted by Crippen LogP contribution is 2.26. The van der Waals surface area contributed by atoms with E-state index in [0.29, 0.717) is 23.9 Å². The van der Waals surface area contributed by atoms with Crippen LogP contribution >= 0.6 is 11.8 Å². The van der Waals surface area contributed by atoms with Crippen LogP contribution in [0.5, 0.6) is 0 Å². The molecule has 2 fully saturated rings. The van der Waals surface area contributed by atoms with Crippen molar-refractivity contribution in [2.45, 2.75) is 45.2 Å². The van der Waals surface area contributed by atoms with Crippen LogP contribution < -0.4 is 5.32 Å². The van der Waals surface area contributed by atoms with Crippen molar-refractivity contribution in [3.63, 3.8) is 0 Å². The Hall–Kier alpha value is -0.220. The molecule has 2 aliphatic heterocycles. The van der Waals surface area contributed by atoms with Crippen LogP contribution in [0.2, 0.25) is 0 Å². The second-order valence-corrected chi connectivity index (χ2v) is 6.69. The van der Waals surface area contributed by atoms with Crippen molar-refractivity contribution in [3.05, 3.63) is 0 Å². The number of nitrogens with zero attached hydrogens (tertiary/aromatic N) is 1. The number of hydrogen-bond donors (Lipinski definition) is 1. The molecule has 0 aromatic heterocycles. The van der Waals surface area contributed by atoms with Crippen LogP contribution in [-0.2, 0) is 4.79 Å². The largest absolute Gasteiger partial charge is 0.337 e. The van der Waals surface area contributed by atoms with Crippen LogP contribution in [0.3, 0.4) is 0 Å². The summed E-state index contributed by atoms with van der Waals surface area (Å²) >= 11 is 2.03. The van der Waals surface area contributed by atoms with E-state index in [0.717, 1.165) is 19.5 Å². The van der Waals surface area contributed by atoms with E-state index in [1.54, 1.807) is 0 Å². The monoisotopic (exact) mass is 256 g/mol. The van der Waals surface area contributed by atoms with Gasteiger partial charge in [0.05, 0.1) is 0 Å². The van der Waals surface area contributed by atoms with Crippen molar-refractivity contribution >= 4 is 17.7 Å². The molecule has 1 N–H and O–H groups in total. The fraction of sp³-hybridized carbons (Fsp3) is 0.923. The minimum atomic E-state index is 0.358. The molecule has 1 amide bonds. The molecule has 2 rings (SSSR count). The summed E-state index contributed by atoms with van der Waals surface area (Å²) in [5.74, 6) is 3.50. The number of nitrogens with one attached hydrogen (secondary N) is 1. The Morgan fingerprint density at radius 2 is 2.06 bits per heavy atom. The highest BCUT2D eigenvalue weighted by atomic mass is 32.2. The molecule has 0 aromatic rings. The van der Waals surface area contributed by atoms with Gasteiger partial charge in [-0.2, -0.15) is 11.8 Å². The Balaban J connectivity index is 1.85. The van der Waals surface area contributed by atoms with Gasteiger partial charge >= 0.3 is 0 Å². The lowest BCUT2D eigenvalue weighted by Crippen LogP contribution is -2.56. The molecule has 3 nitrogen and oxygen atoms in total. The molecule has 0 saturated carbocycles. The van der Waals surface area contributed by atoms with Crippen molar-refractivity contribution in [3.8, 4) is 0 Å². The lowest BCUT2D eigenvalue weighted by molar-refractivity contribution is -0.135. The van der Waals surface area contributed by atoms with E-state index in [2.05, 4.69) is 24.1 Å². The summed E-state index contributed by atoms with van der Waals surface area (Å²) in [6, 6.07) is 0.800. The summed E-state index contributed by atoms with van der Waals surface area (Å²) in [5, 5.41) is 3.42. The Labute approximate surface area is 109 Å². The first-order valence-corrected chi connectivity index (χ1v) is 7.93. The Morgan fingerprint density at radius 3 is 2.76 bits per heavy atom. The molecule has 4 heteroatoms. The first-order chi connectivity index (χ1) is 8.16. The van der Waals surface area contributed by atoms with Gasteiger partial charge in [-0.25, -0.2) is 0 Å². The summed E-state index contributed by atoms with van der Waals surface area (Å²) in [6.07, 6.45) is 3.23. The number of piperazine rings is 1. The molecule has 0 aromatic carbocycles. The zero-order valence-corrected chi connectivity index (χ0v) is 11.8. The van der Waals surface area contributed by atoms with Gasteiger partial charge in [0.25, 0.3) is 0 Å². The van der Waals surface area contributed by atoms with Crippen molar-refractivity contribution in [1.29, 1.82) is 0 Å². The summed E-state index contributed by atoms with van der Waals surface area (Å²) in [5.41, 5.74) is 0. The summed E-state index contributed by atoms with van der Waals surface area (Å²) in [6.45, 7) is 6.12. The molecule has 0 bridgehead atoms. The van der Waals surface area contributed by atoms with Crippen LogP contribution in [-0.4, -0.2) is 47.5 Å². The topological polar surface area (TPSA) is 32.3 Å². The van der Waals surface area contributed by atoms with Crippen LogP contribution in [0, 0.1) is 5.92 Å². The average molecular weight is 256 g/mol. The Bertz CT molecular complexity index is 266. The summed E-state index contributed by atoms with van der Waals surface area (Å²) < 4.78 is 0. The minimum absolute atomic E-state index is 0.358. The van der Waals surface area contributed by atoms with Crippen LogP contribution in [0.1, 0.15) is 33.1 Å². The molecule has 2 saturated heterocycles. The summed E-state index contributed by atoms with van der Waals surface area (Å²) in [4.78, 5) is 14.4. The lowest BCUT2D eigenvalue weighted by Gasteiger charge is -2.38. The fourth-order valence-corrected chi connectivity index (χ4v) is 3.89. The fourth-order valence-electron chi connectivity index (χ4n) is 2.68. The van der Waals surface area contributed by atoms with Crippen LogP contribution in [0.15, 0.2) is 0 Å². The molecule has 2 atom stereocenters. The maximum absolute atomic E-state index is 12.3. The molecule has 2 heterocycles. The Morgan fingerprint density at radius 1 is 1.35 bits per heavy atom. The van der Waals surface area contributed by atoms with E-state index in [1.165, 1.54) is 24.3 Å². The third-order valence-corrected chi connectivity index (χ3v) is 4.94. The van der Waals surface area contributed by atoms with Gasteiger partial charge in [0.15, 0.2) is 0 Å². The van der Waals surface area contributed by atoms with E-state index < -0.39 is 0 Å². The highest BCUT2D eigenvalue weighted by molar-refractivity contribution is 7.99. The van der Waals surface area contributed by atoms with Gasteiger partial charge in [-0.1, -0.05) is 0 Å². The van der Waals surface area contributed by atoms with Crippen molar-refractivity contribution in [2.24, 2.45) is 5.92 Å². The normalized spacial score (nSPS) is 31.5. The molecular formula is C13H24N2OS. The third kappa shape index (κ3) is 3.62. The number of thioether (sulfide) groups is 1. The smallest absolute Gasteiger partial charge is 0.223 e. The second kappa shape index (κ2) is 6.10. The van der Waals surface area contributed by atoms with E-state index in [9.17, 15) is 4.79 Å². The standard InChI is InChI=1S/C13H24N2OS/c1-10-9-15(11(2)8-14-10)13(16)7-12-3-5-17-6-4-12/h10-12,14H,3-9H2,1-2H3. The van der Waals surface area contributed by atoms with Crippen LogP contribution in [0.4, 0.5) is 0 Å².